The van der Waals surface area contributed by atoms with Crippen molar-refractivity contribution in [2.75, 3.05) is 0 Å². The lowest BCUT2D eigenvalue weighted by Gasteiger charge is -2.23. The first-order chi connectivity index (χ1) is 9.72. The molecule has 2 heteroatoms. The first-order valence-electron chi connectivity index (χ1n) is 6.96. The van der Waals surface area contributed by atoms with Gasteiger partial charge in [0.25, 0.3) is 0 Å². The molecule has 2 unspecified atom stereocenters. The lowest BCUT2D eigenvalue weighted by molar-refractivity contribution is 0.471. The Morgan fingerprint density at radius 2 is 1.70 bits per heavy atom. The molecule has 0 saturated heterocycles. The van der Waals surface area contributed by atoms with Gasteiger partial charge in [-0.2, -0.15) is 5.26 Å². The third-order valence-corrected chi connectivity index (χ3v) is 3.60. The van der Waals surface area contributed by atoms with Gasteiger partial charge in [0.15, 0.2) is 0 Å². The number of hydrogen-bond acceptors (Lipinski definition) is 2. The van der Waals surface area contributed by atoms with Gasteiger partial charge < -0.3 is 5.32 Å². The molecule has 0 saturated carbocycles. The van der Waals surface area contributed by atoms with Crippen molar-refractivity contribution in [3.63, 3.8) is 0 Å². The number of nitrogens with one attached hydrogen (secondary N) is 1. The van der Waals surface area contributed by atoms with E-state index in [9.17, 15) is 0 Å². The SMILES string of the molecule is Cc1ccccc1C(C)NC(CC#N)c1ccccc1. The zero-order chi connectivity index (χ0) is 14.4. The third kappa shape index (κ3) is 3.46. The molecule has 0 fully saturated rings. The predicted molar refractivity (Wildman–Crippen MR) is 82.1 cm³/mol. The van der Waals surface area contributed by atoms with E-state index in [1.54, 1.807) is 0 Å². The highest BCUT2D eigenvalue weighted by Crippen LogP contribution is 2.23. The summed E-state index contributed by atoms with van der Waals surface area (Å²) in [7, 11) is 0. The molecule has 0 heterocycles. The molecular weight excluding hydrogens is 244 g/mol. The van der Waals surface area contributed by atoms with E-state index < -0.39 is 0 Å². The van der Waals surface area contributed by atoms with Gasteiger partial charge >= 0.3 is 0 Å². The molecule has 2 nitrogen and oxygen atoms in total. The molecule has 20 heavy (non-hydrogen) atoms. The van der Waals surface area contributed by atoms with Gasteiger partial charge in [0.2, 0.25) is 0 Å². The number of rotatable bonds is 5. The molecular formula is C18H20N2. The van der Waals surface area contributed by atoms with Gasteiger partial charge in [-0.25, -0.2) is 0 Å². The second-order valence-electron chi connectivity index (χ2n) is 5.07. The first-order valence-corrected chi connectivity index (χ1v) is 6.96. The number of nitriles is 1. The molecule has 0 aromatic heterocycles. The van der Waals surface area contributed by atoms with Gasteiger partial charge in [-0.05, 0) is 30.5 Å². The van der Waals surface area contributed by atoms with Crippen LogP contribution in [0, 0.1) is 18.3 Å². The third-order valence-electron chi connectivity index (χ3n) is 3.60. The van der Waals surface area contributed by atoms with Crippen molar-refractivity contribution in [2.24, 2.45) is 0 Å². The molecule has 0 aliphatic carbocycles. The average Bonchev–Trinajstić information content (AvgIpc) is 2.48. The highest BCUT2D eigenvalue weighted by atomic mass is 14.9. The summed E-state index contributed by atoms with van der Waals surface area (Å²) in [6, 6.07) is 21.1. The maximum atomic E-state index is 9.05. The van der Waals surface area contributed by atoms with E-state index in [1.807, 2.05) is 18.2 Å². The van der Waals surface area contributed by atoms with Crippen molar-refractivity contribution in [2.45, 2.75) is 32.4 Å². The molecule has 0 bridgehead atoms. The Labute approximate surface area is 121 Å². The number of aryl methyl sites for hydroxylation is 1. The van der Waals surface area contributed by atoms with Crippen LogP contribution in [0.5, 0.6) is 0 Å². The summed E-state index contributed by atoms with van der Waals surface area (Å²) in [4.78, 5) is 0. The Bertz CT molecular complexity index is 584. The predicted octanol–water partition coefficient (Wildman–Crippen LogP) is 4.30. The Kier molecular flexibility index (Phi) is 4.92. The van der Waals surface area contributed by atoms with Gasteiger partial charge in [0.1, 0.15) is 0 Å². The summed E-state index contributed by atoms with van der Waals surface area (Å²) in [5, 5.41) is 12.6. The second kappa shape index (κ2) is 6.88. The van der Waals surface area contributed by atoms with Crippen LogP contribution in [0.2, 0.25) is 0 Å². The fourth-order valence-corrected chi connectivity index (χ4v) is 2.51. The molecule has 0 aliphatic heterocycles. The van der Waals surface area contributed by atoms with Crippen LogP contribution in [0.3, 0.4) is 0 Å². The Hall–Kier alpha value is -2.11. The van der Waals surface area contributed by atoms with E-state index in [1.165, 1.54) is 11.1 Å². The zero-order valence-corrected chi connectivity index (χ0v) is 12.0. The van der Waals surface area contributed by atoms with Crippen molar-refractivity contribution in [3.05, 3.63) is 71.3 Å². The largest absolute Gasteiger partial charge is 0.302 e. The Morgan fingerprint density at radius 1 is 1.05 bits per heavy atom. The van der Waals surface area contributed by atoms with Crippen molar-refractivity contribution in [1.29, 1.82) is 5.26 Å². The van der Waals surface area contributed by atoms with Crippen LogP contribution in [0.1, 0.15) is 42.1 Å². The molecule has 2 aromatic rings. The summed E-state index contributed by atoms with van der Waals surface area (Å²) in [6.45, 7) is 4.27. The first kappa shape index (κ1) is 14.3. The minimum Gasteiger partial charge on any atom is -0.302 e. The normalized spacial score (nSPS) is 13.4. The smallest absolute Gasteiger partial charge is 0.0641 e. The van der Waals surface area contributed by atoms with E-state index in [-0.39, 0.29) is 12.1 Å². The fourth-order valence-electron chi connectivity index (χ4n) is 2.51. The maximum absolute atomic E-state index is 9.05. The lowest BCUT2D eigenvalue weighted by Crippen LogP contribution is -2.25. The van der Waals surface area contributed by atoms with Crippen LogP contribution >= 0.6 is 0 Å². The number of benzene rings is 2. The Morgan fingerprint density at radius 3 is 2.35 bits per heavy atom. The monoisotopic (exact) mass is 264 g/mol. The highest BCUT2D eigenvalue weighted by molar-refractivity contribution is 5.29. The standard InChI is InChI=1S/C18H20N2/c1-14-8-6-7-11-17(14)15(2)20-18(12-13-19)16-9-4-3-5-10-16/h3-11,15,18,20H,12H2,1-2H3. The molecule has 2 aromatic carbocycles. The average molecular weight is 264 g/mol. The van der Waals surface area contributed by atoms with Crippen molar-refractivity contribution >= 4 is 0 Å². The van der Waals surface area contributed by atoms with Gasteiger partial charge in [0, 0.05) is 12.1 Å². The van der Waals surface area contributed by atoms with Crippen LogP contribution in [0.4, 0.5) is 0 Å². The van der Waals surface area contributed by atoms with Gasteiger partial charge in [0.05, 0.1) is 12.5 Å². The molecule has 2 atom stereocenters. The van der Waals surface area contributed by atoms with Crippen LogP contribution in [0.15, 0.2) is 54.6 Å². The minimum absolute atomic E-state index is 0.0656. The molecule has 102 valence electrons. The molecule has 0 aliphatic rings. The molecule has 0 amide bonds. The second-order valence-corrected chi connectivity index (χ2v) is 5.07. The quantitative estimate of drug-likeness (QED) is 0.874. The van der Waals surface area contributed by atoms with E-state index >= 15 is 0 Å². The lowest BCUT2D eigenvalue weighted by atomic mass is 9.99. The van der Waals surface area contributed by atoms with E-state index in [4.69, 9.17) is 5.26 Å². The molecule has 0 radical (unpaired) electrons. The number of hydrogen-bond donors (Lipinski definition) is 1. The van der Waals surface area contributed by atoms with Crippen LogP contribution in [-0.4, -0.2) is 0 Å². The van der Waals surface area contributed by atoms with Crippen molar-refractivity contribution in [3.8, 4) is 6.07 Å². The maximum Gasteiger partial charge on any atom is 0.0641 e. The summed E-state index contributed by atoms with van der Waals surface area (Å²) in [5.74, 6) is 0. The van der Waals surface area contributed by atoms with E-state index in [2.05, 4.69) is 61.6 Å². The van der Waals surface area contributed by atoms with E-state index in [0.717, 1.165) is 5.56 Å². The van der Waals surface area contributed by atoms with Gasteiger partial charge in [-0.15, -0.1) is 0 Å². The highest BCUT2D eigenvalue weighted by Gasteiger charge is 2.15. The fraction of sp³-hybridized carbons (Fsp3) is 0.278. The summed E-state index contributed by atoms with van der Waals surface area (Å²) in [5.41, 5.74) is 3.72. The molecule has 2 rings (SSSR count). The summed E-state index contributed by atoms with van der Waals surface area (Å²) in [6.07, 6.45) is 0.472. The summed E-state index contributed by atoms with van der Waals surface area (Å²) >= 11 is 0. The van der Waals surface area contributed by atoms with Crippen LogP contribution in [0.25, 0.3) is 0 Å². The summed E-state index contributed by atoms with van der Waals surface area (Å²) < 4.78 is 0. The minimum atomic E-state index is 0.0656. The van der Waals surface area contributed by atoms with Crippen molar-refractivity contribution in [1.82, 2.24) is 5.32 Å². The zero-order valence-electron chi connectivity index (χ0n) is 12.0. The molecule has 1 N–H and O–H groups in total. The topological polar surface area (TPSA) is 35.8 Å². The number of nitrogens with zero attached hydrogens (tertiary/aromatic N) is 1. The Balaban J connectivity index is 2.17. The molecule has 0 spiro atoms. The van der Waals surface area contributed by atoms with Crippen LogP contribution in [-0.2, 0) is 0 Å². The van der Waals surface area contributed by atoms with Crippen LogP contribution < -0.4 is 5.32 Å². The van der Waals surface area contributed by atoms with E-state index in [0.29, 0.717) is 6.42 Å². The van der Waals surface area contributed by atoms with Gasteiger partial charge in [-0.3, -0.25) is 0 Å². The van der Waals surface area contributed by atoms with Crippen molar-refractivity contribution < 1.29 is 0 Å². The van der Waals surface area contributed by atoms with Gasteiger partial charge in [-0.1, -0.05) is 54.6 Å².